The van der Waals surface area contributed by atoms with Gasteiger partial charge in [0.2, 0.25) is 11.5 Å². The minimum absolute atomic E-state index is 0.203. The smallest absolute Gasteiger partial charge is 0.319 e. The van der Waals surface area contributed by atoms with Crippen molar-refractivity contribution in [1.82, 2.24) is 25.3 Å². The van der Waals surface area contributed by atoms with Gasteiger partial charge in [-0.15, -0.1) is 11.8 Å². The van der Waals surface area contributed by atoms with Gasteiger partial charge >= 0.3 is 6.01 Å². The number of nitrogens with zero attached hydrogens (tertiary/aromatic N) is 6. The van der Waals surface area contributed by atoms with Gasteiger partial charge in [0.15, 0.2) is 18.9 Å². The summed E-state index contributed by atoms with van der Waals surface area (Å²) in [5, 5.41) is 20.8. The van der Waals surface area contributed by atoms with Crippen molar-refractivity contribution >= 4 is 41.3 Å². The quantitative estimate of drug-likeness (QED) is 0.183. The van der Waals surface area contributed by atoms with Crippen molar-refractivity contribution in [2.75, 3.05) is 18.6 Å². The van der Waals surface area contributed by atoms with E-state index in [0.717, 1.165) is 4.90 Å². The van der Waals surface area contributed by atoms with E-state index in [1.165, 1.54) is 18.9 Å². The van der Waals surface area contributed by atoms with Gasteiger partial charge in [-0.05, 0) is 0 Å². The van der Waals surface area contributed by atoms with Gasteiger partial charge in [-0.2, -0.15) is 9.55 Å². The number of hydrogen-bond donors (Lipinski definition) is 2. The van der Waals surface area contributed by atoms with Crippen molar-refractivity contribution < 1.29 is 33.4 Å². The second-order valence-electron chi connectivity index (χ2n) is 6.60. The maximum atomic E-state index is 12.8. The number of carboxylic acids is 1. The molecule has 1 saturated heterocycles. The highest BCUT2D eigenvalue weighted by Crippen LogP contribution is 2.40. The Morgan fingerprint density at radius 3 is 2.84 bits per heavy atom. The van der Waals surface area contributed by atoms with E-state index < -0.39 is 29.2 Å². The van der Waals surface area contributed by atoms with Crippen molar-refractivity contribution in [2.45, 2.75) is 18.0 Å². The van der Waals surface area contributed by atoms with E-state index >= 15 is 0 Å². The molecule has 2 aromatic heterocycles. The van der Waals surface area contributed by atoms with E-state index in [-0.39, 0.29) is 29.8 Å². The van der Waals surface area contributed by atoms with Crippen molar-refractivity contribution in [2.24, 2.45) is 5.16 Å². The minimum Gasteiger partial charge on any atom is -0.543 e. The number of β-lactam (4-membered cyclic amide) rings is 1. The predicted octanol–water partition coefficient (Wildman–Crippen LogP) is -3.21. The van der Waals surface area contributed by atoms with E-state index in [4.69, 9.17) is 5.73 Å². The lowest BCUT2D eigenvalue weighted by atomic mass is 10.0. The maximum absolute atomic E-state index is 12.8. The molecule has 2 aliphatic heterocycles. The van der Waals surface area contributed by atoms with E-state index in [0.29, 0.717) is 11.3 Å². The number of hydrogen-bond acceptors (Lipinski definition) is 12. The Kier molecular flexibility index (Phi) is 5.72. The molecule has 4 rings (SSSR count). The molecule has 0 spiro atoms. The number of carboxylic acid groups (broad SMARTS) is 1. The Hall–Kier alpha value is -4.01. The molecular formula is C17H16N8O6S. The summed E-state index contributed by atoms with van der Waals surface area (Å²) in [7, 11) is 1.21. The number of thioether (sulfide) groups is 1. The molecule has 2 aliphatic rings. The molecule has 0 aromatic carbocycles. The van der Waals surface area contributed by atoms with E-state index in [9.17, 15) is 19.5 Å². The number of aromatic nitrogens is 4. The van der Waals surface area contributed by atoms with Gasteiger partial charge in [-0.25, -0.2) is 0 Å². The van der Waals surface area contributed by atoms with Crippen molar-refractivity contribution in [3.8, 4) is 0 Å². The molecule has 0 bridgehead atoms. The first-order valence-corrected chi connectivity index (χ1v) is 10.1. The standard InChI is InChI=1S/C17H16N8O6S/c1-30-22-9(12-21-17(18)31-23-12)13(26)20-10-14(27)25-11(16(28)29)8(7-32-15(10)25)6-24-4-2-19-3-5-24/h2-5,10,15H,6-7H2,1H3,(H3-,18,20,21,23,26,28,29)/t10?,15-/m0/s1. The van der Waals surface area contributed by atoms with Crippen LogP contribution in [0.5, 0.6) is 0 Å². The van der Waals surface area contributed by atoms with Crippen molar-refractivity contribution in [1.29, 1.82) is 0 Å². The third-order valence-electron chi connectivity index (χ3n) is 4.64. The first-order chi connectivity index (χ1) is 15.4. The molecule has 1 fully saturated rings. The van der Waals surface area contributed by atoms with Crippen LogP contribution in [0.2, 0.25) is 0 Å². The Balaban J connectivity index is 1.53. The Bertz CT molecular complexity index is 1130. The molecular weight excluding hydrogens is 444 g/mol. The van der Waals surface area contributed by atoms with Crippen molar-refractivity contribution in [3.63, 3.8) is 0 Å². The van der Waals surface area contributed by atoms with Gasteiger partial charge in [-0.1, -0.05) is 10.3 Å². The second kappa shape index (κ2) is 8.62. The first-order valence-electron chi connectivity index (χ1n) is 9.09. The van der Waals surface area contributed by atoms with Gasteiger partial charge in [0.25, 0.3) is 11.8 Å². The molecule has 166 valence electrons. The summed E-state index contributed by atoms with van der Waals surface area (Å²) in [6.45, 7) is 0.246. The summed E-state index contributed by atoms with van der Waals surface area (Å²) in [6.07, 6.45) is 6.49. The molecule has 15 heteroatoms. The largest absolute Gasteiger partial charge is 0.543 e. The molecule has 0 radical (unpaired) electrons. The lowest BCUT2D eigenvalue weighted by Crippen LogP contribution is -2.71. The van der Waals surface area contributed by atoms with Gasteiger partial charge in [0.1, 0.15) is 18.5 Å². The highest BCUT2D eigenvalue weighted by molar-refractivity contribution is 8.00. The highest BCUT2D eigenvalue weighted by Gasteiger charge is 2.53. The van der Waals surface area contributed by atoms with Crippen LogP contribution < -0.4 is 20.7 Å². The third-order valence-corrected chi connectivity index (χ3v) is 5.98. The molecule has 4 heterocycles. The number of rotatable bonds is 7. The Morgan fingerprint density at radius 1 is 1.47 bits per heavy atom. The summed E-state index contributed by atoms with van der Waals surface area (Å²) in [6, 6.07) is -1.28. The van der Waals surface area contributed by atoms with Crippen LogP contribution in [0, 0.1) is 0 Å². The molecule has 0 aliphatic carbocycles. The average Bonchev–Trinajstić information content (AvgIpc) is 3.21. The average molecular weight is 460 g/mol. The number of nitrogen functional groups attached to an aromatic ring is 1. The normalized spacial score (nSPS) is 20.5. The number of anilines is 1. The minimum atomic E-state index is -1.47. The monoisotopic (exact) mass is 460 g/mol. The van der Waals surface area contributed by atoms with Crippen LogP contribution in [0.15, 0.2) is 45.7 Å². The number of aliphatic carboxylic acids is 1. The lowest BCUT2D eigenvalue weighted by molar-refractivity contribution is -0.689. The fraction of sp³-hybridized carbons (Fsp3) is 0.294. The van der Waals surface area contributed by atoms with Crippen LogP contribution in [0.4, 0.5) is 6.01 Å². The molecule has 2 amide bonds. The van der Waals surface area contributed by atoms with Crippen LogP contribution in [0.1, 0.15) is 5.82 Å². The van der Waals surface area contributed by atoms with E-state index in [1.54, 1.807) is 29.4 Å². The molecule has 0 saturated carbocycles. The summed E-state index contributed by atoms with van der Waals surface area (Å²) < 4.78 is 6.37. The molecule has 32 heavy (non-hydrogen) atoms. The van der Waals surface area contributed by atoms with Gasteiger partial charge in [-0.3, -0.25) is 19.5 Å². The molecule has 2 atom stereocenters. The van der Waals surface area contributed by atoms with Gasteiger partial charge in [0, 0.05) is 11.3 Å². The third kappa shape index (κ3) is 3.84. The molecule has 1 unspecified atom stereocenters. The number of carbonyl (C=O) groups is 3. The fourth-order valence-electron chi connectivity index (χ4n) is 3.28. The molecule has 14 nitrogen and oxygen atoms in total. The van der Waals surface area contributed by atoms with Crippen LogP contribution in [0.25, 0.3) is 0 Å². The van der Waals surface area contributed by atoms with Gasteiger partial charge < -0.3 is 30.3 Å². The van der Waals surface area contributed by atoms with Crippen molar-refractivity contribution in [3.05, 3.63) is 41.9 Å². The fourth-order valence-corrected chi connectivity index (χ4v) is 4.62. The Morgan fingerprint density at radius 2 is 2.22 bits per heavy atom. The predicted molar refractivity (Wildman–Crippen MR) is 104 cm³/mol. The summed E-state index contributed by atoms with van der Waals surface area (Å²) in [5.41, 5.74) is 5.31. The maximum Gasteiger partial charge on any atom is 0.319 e. The number of oxime groups is 1. The summed E-state index contributed by atoms with van der Waals surface area (Å²) in [5.74, 6) is -2.80. The summed E-state index contributed by atoms with van der Waals surface area (Å²) >= 11 is 1.31. The number of nitrogens with two attached hydrogens (primary N) is 1. The lowest BCUT2D eigenvalue weighted by Gasteiger charge is -2.50. The second-order valence-corrected chi connectivity index (χ2v) is 7.70. The topological polar surface area (TPSA) is 193 Å². The van der Waals surface area contributed by atoms with Crippen LogP contribution in [-0.4, -0.2) is 67.8 Å². The Labute approximate surface area is 184 Å². The number of fused-ring (bicyclic) bond motifs is 1. The van der Waals surface area contributed by atoms with Crippen LogP contribution in [0.3, 0.4) is 0 Å². The summed E-state index contributed by atoms with van der Waals surface area (Å²) in [4.78, 5) is 50.7. The number of nitrogens with one attached hydrogen (secondary N) is 1. The van der Waals surface area contributed by atoms with Crippen LogP contribution >= 0.6 is 11.8 Å². The van der Waals surface area contributed by atoms with Gasteiger partial charge in [0.05, 0.1) is 24.1 Å². The SMILES string of the molecule is CON=C(C(=O)NC1C(=O)N2C(C(=O)[O-])=C(C[n+]3ccncc3)CS[C@@H]12)c1noc(N)n1. The first kappa shape index (κ1) is 21.2. The van der Waals surface area contributed by atoms with E-state index in [2.05, 4.69) is 35.0 Å². The number of carbonyl (C=O) groups excluding carboxylic acids is 3. The highest BCUT2D eigenvalue weighted by atomic mass is 32.2. The molecule has 3 N–H and O–H groups in total. The van der Waals surface area contributed by atoms with Crippen LogP contribution in [-0.2, 0) is 25.8 Å². The zero-order valence-electron chi connectivity index (χ0n) is 16.5. The van der Waals surface area contributed by atoms with E-state index in [1.807, 2.05) is 0 Å². The zero-order chi connectivity index (χ0) is 22.8. The zero-order valence-corrected chi connectivity index (χ0v) is 17.3. The number of amides is 2. The molecule has 2 aromatic rings.